The second-order valence-corrected chi connectivity index (χ2v) is 3.84. The van der Waals surface area contributed by atoms with E-state index in [9.17, 15) is 4.79 Å². The average molecular weight is 246 g/mol. The number of carbonyl (C=O) groups excluding carboxylic acids is 1. The van der Waals surface area contributed by atoms with Gasteiger partial charge in [0.1, 0.15) is 0 Å². The van der Waals surface area contributed by atoms with Gasteiger partial charge in [-0.3, -0.25) is 4.79 Å². The van der Waals surface area contributed by atoms with Crippen LogP contribution >= 0.6 is 15.9 Å². The van der Waals surface area contributed by atoms with Gasteiger partial charge in [0.2, 0.25) is 0 Å². The van der Waals surface area contributed by atoms with Crippen molar-refractivity contribution in [3.63, 3.8) is 0 Å². The maximum Gasteiger partial charge on any atom is 0.258 e. The van der Waals surface area contributed by atoms with Crippen molar-refractivity contribution in [3.8, 4) is 0 Å². The highest BCUT2D eigenvalue weighted by Crippen LogP contribution is 2.19. The minimum atomic E-state index is -0.0318. The lowest BCUT2D eigenvalue weighted by molar-refractivity contribution is 0.0753. The minimum absolute atomic E-state index is 0.0318. The fourth-order valence-electron chi connectivity index (χ4n) is 0.871. The van der Waals surface area contributed by atoms with Gasteiger partial charge in [0, 0.05) is 13.1 Å². The van der Waals surface area contributed by atoms with Crippen molar-refractivity contribution < 1.29 is 9.21 Å². The molecular formula is C9H12BrNO2. The zero-order valence-electron chi connectivity index (χ0n) is 7.87. The summed E-state index contributed by atoms with van der Waals surface area (Å²) in [7, 11) is 1.77. The van der Waals surface area contributed by atoms with Crippen LogP contribution in [0.4, 0.5) is 0 Å². The molecule has 1 rings (SSSR count). The highest BCUT2D eigenvalue weighted by Gasteiger charge is 2.18. The lowest BCUT2D eigenvalue weighted by atomic mass is 10.2. The second-order valence-electron chi connectivity index (χ2n) is 3.12. The van der Waals surface area contributed by atoms with Crippen molar-refractivity contribution in [1.29, 1.82) is 0 Å². The molecule has 0 aromatic carbocycles. The van der Waals surface area contributed by atoms with Crippen LogP contribution in [0.1, 0.15) is 24.2 Å². The molecule has 0 saturated carbocycles. The van der Waals surface area contributed by atoms with Crippen LogP contribution in [0.3, 0.4) is 0 Å². The van der Waals surface area contributed by atoms with Gasteiger partial charge in [-0.25, -0.2) is 0 Å². The molecule has 13 heavy (non-hydrogen) atoms. The minimum Gasteiger partial charge on any atom is -0.457 e. The van der Waals surface area contributed by atoms with Gasteiger partial charge in [0.05, 0.1) is 11.8 Å². The molecule has 0 aliphatic rings. The van der Waals surface area contributed by atoms with E-state index in [2.05, 4.69) is 15.9 Å². The third-order valence-corrected chi connectivity index (χ3v) is 2.56. The quantitative estimate of drug-likeness (QED) is 0.803. The second kappa shape index (κ2) is 3.96. The molecule has 0 unspecified atom stereocenters. The monoisotopic (exact) mass is 245 g/mol. The van der Waals surface area contributed by atoms with E-state index in [-0.39, 0.29) is 11.9 Å². The highest BCUT2D eigenvalue weighted by atomic mass is 79.9. The first-order valence-electron chi connectivity index (χ1n) is 4.04. The van der Waals surface area contributed by atoms with E-state index >= 15 is 0 Å². The standard InChI is InChI=1S/C9H12BrNO2/c1-6(2)11(3)9(12)7-4-5-13-8(7)10/h4-6H,1-3H3. The number of nitrogens with zero attached hydrogens (tertiary/aromatic N) is 1. The molecule has 0 spiro atoms. The lowest BCUT2D eigenvalue weighted by Crippen LogP contribution is -2.32. The summed E-state index contributed by atoms with van der Waals surface area (Å²) in [6.45, 7) is 3.93. The maximum absolute atomic E-state index is 11.7. The third kappa shape index (κ3) is 2.12. The Balaban J connectivity index is 2.86. The van der Waals surface area contributed by atoms with Gasteiger partial charge < -0.3 is 9.32 Å². The van der Waals surface area contributed by atoms with Gasteiger partial charge in [0.25, 0.3) is 5.91 Å². The highest BCUT2D eigenvalue weighted by molar-refractivity contribution is 9.10. The Morgan fingerprint density at radius 3 is 2.62 bits per heavy atom. The Hall–Kier alpha value is -0.770. The van der Waals surface area contributed by atoms with Crippen molar-refractivity contribution in [1.82, 2.24) is 4.90 Å². The Kier molecular flexibility index (Phi) is 3.14. The number of hydrogen-bond acceptors (Lipinski definition) is 2. The van der Waals surface area contributed by atoms with E-state index in [1.165, 1.54) is 6.26 Å². The van der Waals surface area contributed by atoms with Crippen LogP contribution in [0, 0.1) is 0 Å². The summed E-state index contributed by atoms with van der Waals surface area (Å²) in [6, 6.07) is 1.85. The number of hydrogen-bond donors (Lipinski definition) is 0. The van der Waals surface area contributed by atoms with Gasteiger partial charge in [-0.2, -0.15) is 0 Å². The van der Waals surface area contributed by atoms with Gasteiger partial charge in [-0.15, -0.1) is 0 Å². The fraction of sp³-hybridized carbons (Fsp3) is 0.444. The van der Waals surface area contributed by atoms with Crippen molar-refractivity contribution >= 4 is 21.8 Å². The third-order valence-electron chi connectivity index (χ3n) is 1.94. The van der Waals surface area contributed by atoms with Gasteiger partial charge in [-0.05, 0) is 35.8 Å². The zero-order chi connectivity index (χ0) is 10.0. The Labute approximate surface area is 85.8 Å². The van der Waals surface area contributed by atoms with Crippen LogP contribution in [-0.2, 0) is 0 Å². The molecule has 4 heteroatoms. The molecule has 1 amide bonds. The van der Waals surface area contributed by atoms with E-state index in [4.69, 9.17) is 4.42 Å². The molecule has 72 valence electrons. The molecule has 3 nitrogen and oxygen atoms in total. The predicted octanol–water partition coefficient (Wildman–Crippen LogP) is 2.52. The summed E-state index contributed by atoms with van der Waals surface area (Å²) in [5.74, 6) is -0.0318. The average Bonchev–Trinajstić information content (AvgIpc) is 2.48. The molecule has 0 aliphatic heterocycles. The number of furan rings is 1. The largest absolute Gasteiger partial charge is 0.457 e. The normalized spacial score (nSPS) is 10.5. The molecule has 1 aromatic rings. The molecule has 0 saturated heterocycles. The topological polar surface area (TPSA) is 33.5 Å². The SMILES string of the molecule is CC(C)N(C)C(=O)c1ccoc1Br. The molecule has 0 bridgehead atoms. The number of amides is 1. The Morgan fingerprint density at radius 1 is 1.62 bits per heavy atom. The van der Waals surface area contributed by atoms with E-state index in [0.717, 1.165) is 0 Å². The summed E-state index contributed by atoms with van der Waals surface area (Å²) in [6.07, 6.45) is 1.49. The molecule has 0 radical (unpaired) electrons. The molecule has 1 heterocycles. The van der Waals surface area contributed by atoms with Crippen molar-refractivity contribution in [2.45, 2.75) is 19.9 Å². The summed E-state index contributed by atoms with van der Waals surface area (Å²) in [4.78, 5) is 13.4. The number of carbonyl (C=O) groups is 1. The Morgan fingerprint density at radius 2 is 2.23 bits per heavy atom. The number of halogens is 1. The zero-order valence-corrected chi connectivity index (χ0v) is 9.46. The van der Waals surface area contributed by atoms with Crippen LogP contribution in [-0.4, -0.2) is 23.9 Å². The molecule has 1 aromatic heterocycles. The lowest BCUT2D eigenvalue weighted by Gasteiger charge is -2.20. The number of rotatable bonds is 2. The first-order chi connectivity index (χ1) is 6.04. The van der Waals surface area contributed by atoms with E-state index in [1.807, 2.05) is 13.8 Å². The van der Waals surface area contributed by atoms with Crippen LogP contribution in [0.5, 0.6) is 0 Å². The summed E-state index contributed by atoms with van der Waals surface area (Å²) in [5.41, 5.74) is 0.566. The Bertz CT molecular complexity index is 306. The first kappa shape index (κ1) is 10.3. The first-order valence-corrected chi connectivity index (χ1v) is 4.83. The van der Waals surface area contributed by atoms with Crippen molar-refractivity contribution in [2.24, 2.45) is 0 Å². The van der Waals surface area contributed by atoms with Crippen molar-refractivity contribution in [2.75, 3.05) is 7.05 Å². The molecule has 0 fully saturated rings. The van der Waals surface area contributed by atoms with Gasteiger partial charge >= 0.3 is 0 Å². The molecule has 0 aliphatic carbocycles. The van der Waals surface area contributed by atoms with E-state index in [1.54, 1.807) is 18.0 Å². The van der Waals surface area contributed by atoms with Crippen LogP contribution in [0.15, 0.2) is 21.4 Å². The van der Waals surface area contributed by atoms with Gasteiger partial charge in [-0.1, -0.05) is 0 Å². The molecule has 0 atom stereocenters. The molecular weight excluding hydrogens is 234 g/mol. The maximum atomic E-state index is 11.7. The van der Waals surface area contributed by atoms with E-state index in [0.29, 0.717) is 10.2 Å². The van der Waals surface area contributed by atoms with Crippen LogP contribution in [0.2, 0.25) is 0 Å². The summed E-state index contributed by atoms with van der Waals surface area (Å²) < 4.78 is 5.48. The van der Waals surface area contributed by atoms with E-state index < -0.39 is 0 Å². The molecule has 0 N–H and O–H groups in total. The summed E-state index contributed by atoms with van der Waals surface area (Å²) in [5, 5.41) is 0. The van der Waals surface area contributed by atoms with Gasteiger partial charge in [0.15, 0.2) is 4.67 Å². The van der Waals surface area contributed by atoms with Crippen molar-refractivity contribution in [3.05, 3.63) is 22.6 Å². The smallest absolute Gasteiger partial charge is 0.258 e. The summed E-state index contributed by atoms with van der Waals surface area (Å²) >= 11 is 3.17. The fourth-order valence-corrected chi connectivity index (χ4v) is 1.28. The van der Waals surface area contributed by atoms with Crippen LogP contribution < -0.4 is 0 Å². The predicted molar refractivity (Wildman–Crippen MR) is 53.6 cm³/mol. The van der Waals surface area contributed by atoms with Crippen LogP contribution in [0.25, 0.3) is 0 Å².